The summed E-state index contributed by atoms with van der Waals surface area (Å²) < 4.78 is 42.8. The fourth-order valence-corrected chi connectivity index (χ4v) is 2.23. The molecule has 24 heavy (non-hydrogen) atoms. The number of hydrogen-bond acceptors (Lipinski definition) is 6. The molecular formula is C13H6ClF3N4O3. The summed E-state index contributed by atoms with van der Waals surface area (Å²) in [6, 6.07) is 5.28. The number of alkyl halides is 3. The van der Waals surface area contributed by atoms with Crippen molar-refractivity contribution in [1.29, 1.82) is 0 Å². The minimum Gasteiger partial charge on any atom is -0.349 e. The molecule has 1 aromatic heterocycles. The van der Waals surface area contributed by atoms with Crippen molar-refractivity contribution in [2.75, 3.05) is 5.32 Å². The maximum absolute atomic E-state index is 12.8. The Hall–Kier alpha value is -2.88. The molecule has 124 valence electrons. The van der Waals surface area contributed by atoms with E-state index in [1.54, 1.807) is 0 Å². The molecule has 0 spiro atoms. The maximum atomic E-state index is 12.8. The normalized spacial score (nSPS) is 11.7. The Bertz CT molecular complexity index is 942. The lowest BCUT2D eigenvalue weighted by Gasteiger charge is -2.12. The Morgan fingerprint density at radius 1 is 1.17 bits per heavy atom. The second-order valence-corrected chi connectivity index (χ2v) is 5.08. The molecule has 0 bridgehead atoms. The van der Waals surface area contributed by atoms with Crippen LogP contribution in [0.5, 0.6) is 0 Å². The number of nitro groups is 1. The van der Waals surface area contributed by atoms with Crippen molar-refractivity contribution in [3.05, 3.63) is 51.0 Å². The summed E-state index contributed by atoms with van der Waals surface area (Å²) in [5.74, 6) is 0. The van der Waals surface area contributed by atoms with Gasteiger partial charge in [-0.2, -0.15) is 13.2 Å². The third-order valence-electron chi connectivity index (χ3n) is 3.15. The van der Waals surface area contributed by atoms with Gasteiger partial charge in [-0.15, -0.1) is 0 Å². The zero-order valence-electron chi connectivity index (χ0n) is 11.5. The highest BCUT2D eigenvalue weighted by Gasteiger charge is 2.31. The molecule has 0 amide bonds. The largest absolute Gasteiger partial charge is 0.416 e. The smallest absolute Gasteiger partial charge is 0.349 e. The van der Waals surface area contributed by atoms with E-state index >= 15 is 0 Å². The average Bonchev–Trinajstić information content (AvgIpc) is 2.96. The summed E-state index contributed by atoms with van der Waals surface area (Å²) >= 11 is 5.88. The van der Waals surface area contributed by atoms with Gasteiger partial charge in [0.05, 0.1) is 21.2 Å². The average molecular weight is 359 g/mol. The predicted molar refractivity (Wildman–Crippen MR) is 78.2 cm³/mol. The SMILES string of the molecule is O=[N+]([O-])c1c(Nc2cc(C(F)(F)F)ccc2Cl)ccc2nonc12. The molecule has 3 rings (SSSR count). The van der Waals surface area contributed by atoms with E-state index in [2.05, 4.69) is 20.3 Å². The van der Waals surface area contributed by atoms with Crippen molar-refractivity contribution in [1.82, 2.24) is 10.3 Å². The highest BCUT2D eigenvalue weighted by molar-refractivity contribution is 6.33. The summed E-state index contributed by atoms with van der Waals surface area (Å²) in [7, 11) is 0. The number of fused-ring (bicyclic) bond motifs is 1. The lowest BCUT2D eigenvalue weighted by molar-refractivity contribution is -0.382. The molecule has 0 aliphatic rings. The van der Waals surface area contributed by atoms with Crippen LogP contribution in [0.1, 0.15) is 5.56 Å². The minimum absolute atomic E-state index is 0.0318. The molecule has 0 unspecified atom stereocenters. The number of hydrogen-bond donors (Lipinski definition) is 1. The fourth-order valence-electron chi connectivity index (χ4n) is 2.07. The Labute approximate surface area is 136 Å². The van der Waals surface area contributed by atoms with E-state index in [-0.39, 0.29) is 27.4 Å². The number of halogens is 4. The minimum atomic E-state index is -4.58. The van der Waals surface area contributed by atoms with Crippen LogP contribution in [0.4, 0.5) is 30.2 Å². The number of benzene rings is 2. The van der Waals surface area contributed by atoms with Crippen LogP contribution in [0.15, 0.2) is 35.0 Å². The van der Waals surface area contributed by atoms with E-state index in [0.29, 0.717) is 0 Å². The summed E-state index contributed by atoms with van der Waals surface area (Å²) in [4.78, 5) is 10.5. The van der Waals surface area contributed by atoms with Crippen molar-refractivity contribution in [3.63, 3.8) is 0 Å². The highest BCUT2D eigenvalue weighted by Crippen LogP contribution is 2.38. The van der Waals surface area contributed by atoms with E-state index in [4.69, 9.17) is 11.6 Å². The van der Waals surface area contributed by atoms with Crippen LogP contribution in [0.25, 0.3) is 11.0 Å². The first-order chi connectivity index (χ1) is 11.3. The zero-order chi connectivity index (χ0) is 17.5. The molecule has 2 aromatic carbocycles. The Kier molecular flexibility index (Phi) is 3.76. The number of anilines is 2. The second-order valence-electron chi connectivity index (χ2n) is 4.67. The highest BCUT2D eigenvalue weighted by atomic mass is 35.5. The number of rotatable bonds is 3. The van der Waals surface area contributed by atoms with E-state index < -0.39 is 22.4 Å². The first-order valence-corrected chi connectivity index (χ1v) is 6.68. The Balaban J connectivity index is 2.10. The standard InChI is InChI=1S/C13H6ClF3N4O3/c14-7-2-1-6(13(15,16)17)5-10(7)18-9-4-3-8-11(20-24-19-8)12(9)21(22)23/h1-5,18H. The first kappa shape index (κ1) is 16.0. The van der Waals surface area contributed by atoms with Gasteiger partial charge >= 0.3 is 11.9 Å². The molecule has 0 fully saturated rings. The molecule has 1 N–H and O–H groups in total. The Morgan fingerprint density at radius 3 is 2.58 bits per heavy atom. The van der Waals surface area contributed by atoms with Crippen LogP contribution < -0.4 is 5.32 Å². The lowest BCUT2D eigenvalue weighted by Crippen LogP contribution is -2.06. The summed E-state index contributed by atoms with van der Waals surface area (Å²) in [5, 5.41) is 20.7. The van der Waals surface area contributed by atoms with Gasteiger partial charge in [-0.05, 0) is 40.6 Å². The van der Waals surface area contributed by atoms with Gasteiger partial charge in [-0.1, -0.05) is 11.6 Å². The monoisotopic (exact) mass is 358 g/mol. The van der Waals surface area contributed by atoms with E-state index in [9.17, 15) is 23.3 Å². The Morgan fingerprint density at radius 2 is 1.92 bits per heavy atom. The predicted octanol–water partition coefficient (Wildman–Crippen LogP) is 4.55. The zero-order valence-corrected chi connectivity index (χ0v) is 12.2. The number of nitro benzene ring substituents is 1. The van der Waals surface area contributed by atoms with Crippen LogP contribution in [0.3, 0.4) is 0 Å². The van der Waals surface area contributed by atoms with E-state index in [1.807, 2.05) is 0 Å². The van der Waals surface area contributed by atoms with Crippen LogP contribution >= 0.6 is 11.6 Å². The van der Waals surface area contributed by atoms with Gasteiger partial charge in [0.25, 0.3) is 0 Å². The molecule has 11 heteroatoms. The van der Waals surface area contributed by atoms with Crippen molar-refractivity contribution >= 4 is 39.7 Å². The van der Waals surface area contributed by atoms with Gasteiger partial charge < -0.3 is 5.32 Å². The number of nitrogens with one attached hydrogen (secondary N) is 1. The molecule has 7 nitrogen and oxygen atoms in total. The molecular weight excluding hydrogens is 353 g/mol. The van der Waals surface area contributed by atoms with E-state index in [0.717, 1.165) is 18.2 Å². The van der Waals surface area contributed by atoms with Crippen LogP contribution in [0, 0.1) is 10.1 Å². The van der Waals surface area contributed by atoms with Gasteiger partial charge in [-0.3, -0.25) is 10.1 Å². The van der Waals surface area contributed by atoms with Gasteiger partial charge in [0.1, 0.15) is 11.2 Å². The van der Waals surface area contributed by atoms with E-state index in [1.165, 1.54) is 12.1 Å². The van der Waals surface area contributed by atoms with Crippen LogP contribution in [-0.4, -0.2) is 15.2 Å². The maximum Gasteiger partial charge on any atom is 0.416 e. The third-order valence-corrected chi connectivity index (χ3v) is 3.48. The number of nitrogens with zero attached hydrogens (tertiary/aromatic N) is 3. The number of aromatic nitrogens is 2. The molecule has 3 aromatic rings. The first-order valence-electron chi connectivity index (χ1n) is 6.31. The molecule has 0 atom stereocenters. The van der Waals surface area contributed by atoms with Gasteiger partial charge in [0.2, 0.25) is 5.52 Å². The van der Waals surface area contributed by atoms with Crippen molar-refractivity contribution < 1.29 is 22.7 Å². The van der Waals surface area contributed by atoms with Gasteiger partial charge in [0.15, 0.2) is 0 Å². The molecule has 0 aliphatic carbocycles. The second kappa shape index (κ2) is 5.64. The lowest BCUT2D eigenvalue weighted by atomic mass is 10.1. The van der Waals surface area contributed by atoms with Gasteiger partial charge in [0, 0.05) is 0 Å². The fraction of sp³-hybridized carbons (Fsp3) is 0.0769. The summed E-state index contributed by atoms with van der Waals surface area (Å²) in [6.07, 6.45) is -4.58. The summed E-state index contributed by atoms with van der Waals surface area (Å²) in [6.45, 7) is 0. The molecule has 0 saturated heterocycles. The van der Waals surface area contributed by atoms with Crippen molar-refractivity contribution in [3.8, 4) is 0 Å². The van der Waals surface area contributed by atoms with Crippen molar-refractivity contribution in [2.45, 2.75) is 6.18 Å². The quantitative estimate of drug-likeness (QED) is 0.545. The van der Waals surface area contributed by atoms with Gasteiger partial charge in [-0.25, -0.2) is 4.63 Å². The van der Waals surface area contributed by atoms with Crippen LogP contribution in [-0.2, 0) is 6.18 Å². The molecule has 1 heterocycles. The topological polar surface area (TPSA) is 94.1 Å². The molecule has 0 saturated carbocycles. The van der Waals surface area contributed by atoms with Crippen LogP contribution in [0.2, 0.25) is 5.02 Å². The van der Waals surface area contributed by atoms with Crippen molar-refractivity contribution in [2.24, 2.45) is 0 Å². The molecule has 0 aliphatic heterocycles. The summed E-state index contributed by atoms with van der Waals surface area (Å²) in [5.41, 5.74) is -1.64. The molecule has 0 radical (unpaired) electrons. The third kappa shape index (κ3) is 2.83.